The molecule has 2 aromatic rings. The number of benzene rings is 1. The zero-order chi connectivity index (χ0) is 14.0. The molecule has 1 heterocycles. The number of aromatic nitrogens is 2. The highest BCUT2D eigenvalue weighted by Gasteiger charge is 2.12. The van der Waals surface area contributed by atoms with Crippen LogP contribution in [-0.2, 0) is 0 Å². The van der Waals surface area contributed by atoms with E-state index in [1.807, 2.05) is 45.9 Å². The second-order valence-electron chi connectivity index (χ2n) is 4.64. The topological polar surface area (TPSA) is 61.6 Å². The van der Waals surface area contributed by atoms with E-state index in [0.29, 0.717) is 11.4 Å². The fraction of sp³-hybridized carbons (Fsp3) is 0.267. The summed E-state index contributed by atoms with van der Waals surface area (Å²) in [7, 11) is 0. The lowest BCUT2D eigenvalue weighted by Crippen LogP contribution is -2.05. The highest BCUT2D eigenvalue weighted by atomic mass is 15.2. The highest BCUT2D eigenvalue weighted by Crippen LogP contribution is 2.26. The summed E-state index contributed by atoms with van der Waals surface area (Å²) in [5.41, 5.74) is 5.41. The molecule has 0 spiro atoms. The largest absolute Gasteiger partial charge is 0.337 e. The third kappa shape index (κ3) is 2.41. The Morgan fingerprint density at radius 2 is 1.68 bits per heavy atom. The number of nitriles is 1. The van der Waals surface area contributed by atoms with E-state index < -0.39 is 0 Å². The maximum Gasteiger partial charge on any atom is 0.171 e. The van der Waals surface area contributed by atoms with Gasteiger partial charge in [-0.25, -0.2) is 0 Å². The van der Waals surface area contributed by atoms with Crippen molar-refractivity contribution in [2.45, 2.75) is 27.7 Å². The molecule has 1 N–H and O–H groups in total. The van der Waals surface area contributed by atoms with E-state index in [1.54, 1.807) is 0 Å². The Bertz CT molecular complexity index is 648. The third-order valence-corrected chi connectivity index (χ3v) is 3.29. The smallest absolute Gasteiger partial charge is 0.171 e. The van der Waals surface area contributed by atoms with Crippen LogP contribution in [0.15, 0.2) is 18.2 Å². The van der Waals surface area contributed by atoms with Gasteiger partial charge in [0.25, 0.3) is 0 Å². The molecular formula is C15H16N4. The van der Waals surface area contributed by atoms with Crippen molar-refractivity contribution in [1.29, 1.82) is 5.26 Å². The Kier molecular flexibility index (Phi) is 3.48. The van der Waals surface area contributed by atoms with Crippen LogP contribution in [0.25, 0.3) is 0 Å². The summed E-state index contributed by atoms with van der Waals surface area (Å²) in [5, 5.41) is 20.7. The summed E-state index contributed by atoms with van der Waals surface area (Å²) in [5.74, 6) is 0.517. The first-order chi connectivity index (χ1) is 9.04. The van der Waals surface area contributed by atoms with Gasteiger partial charge in [-0.3, -0.25) is 0 Å². The second kappa shape index (κ2) is 5.07. The molecule has 1 aromatic heterocycles. The van der Waals surface area contributed by atoms with Gasteiger partial charge in [-0.2, -0.15) is 10.4 Å². The molecule has 0 amide bonds. The predicted molar refractivity (Wildman–Crippen MR) is 75.4 cm³/mol. The lowest BCUT2D eigenvalue weighted by molar-refractivity contribution is 0.960. The number of anilines is 2. The highest BCUT2D eigenvalue weighted by molar-refractivity contribution is 5.69. The lowest BCUT2D eigenvalue weighted by atomic mass is 10.1. The molecule has 4 heteroatoms. The third-order valence-electron chi connectivity index (χ3n) is 3.29. The van der Waals surface area contributed by atoms with Gasteiger partial charge >= 0.3 is 0 Å². The molecule has 0 aliphatic rings. The Labute approximate surface area is 113 Å². The molecule has 0 unspecified atom stereocenters. The lowest BCUT2D eigenvalue weighted by Gasteiger charge is -2.13. The van der Waals surface area contributed by atoms with E-state index in [9.17, 15) is 5.26 Å². The molecule has 1 aromatic carbocycles. The number of rotatable bonds is 2. The van der Waals surface area contributed by atoms with E-state index in [0.717, 1.165) is 28.1 Å². The van der Waals surface area contributed by atoms with Crippen molar-refractivity contribution in [2.24, 2.45) is 0 Å². The Morgan fingerprint density at radius 3 is 2.26 bits per heavy atom. The van der Waals surface area contributed by atoms with Crippen molar-refractivity contribution >= 4 is 11.5 Å². The van der Waals surface area contributed by atoms with Crippen molar-refractivity contribution in [3.63, 3.8) is 0 Å². The zero-order valence-corrected chi connectivity index (χ0v) is 11.6. The Hall–Kier alpha value is -2.41. The van der Waals surface area contributed by atoms with Crippen LogP contribution < -0.4 is 5.32 Å². The standard InChI is InChI=1S/C15H16N4/c1-9-6-5-7-10(2)14(9)17-15-13(8-16)11(3)12(4)18-19-15/h5-7H,1-4H3,(H,17,19). The second-order valence-corrected chi connectivity index (χ2v) is 4.64. The number of hydrogen-bond acceptors (Lipinski definition) is 4. The van der Waals surface area contributed by atoms with Crippen LogP contribution in [0.3, 0.4) is 0 Å². The SMILES string of the molecule is Cc1cccc(C)c1Nc1nnc(C)c(C)c1C#N. The van der Waals surface area contributed by atoms with Gasteiger partial charge in [0.1, 0.15) is 11.6 Å². The zero-order valence-electron chi connectivity index (χ0n) is 11.6. The van der Waals surface area contributed by atoms with Gasteiger partial charge in [0.15, 0.2) is 5.82 Å². The van der Waals surface area contributed by atoms with Gasteiger partial charge in [-0.1, -0.05) is 18.2 Å². The molecule has 0 saturated heterocycles. The molecule has 19 heavy (non-hydrogen) atoms. The monoisotopic (exact) mass is 252 g/mol. The first kappa shape index (κ1) is 13.0. The molecule has 0 bridgehead atoms. The molecule has 0 fully saturated rings. The van der Waals surface area contributed by atoms with Gasteiger partial charge in [0, 0.05) is 5.69 Å². The van der Waals surface area contributed by atoms with E-state index >= 15 is 0 Å². The molecule has 0 aliphatic heterocycles. The summed E-state index contributed by atoms with van der Waals surface area (Å²) >= 11 is 0. The van der Waals surface area contributed by atoms with Crippen molar-refractivity contribution in [3.05, 3.63) is 46.1 Å². The number of nitrogens with zero attached hydrogens (tertiary/aromatic N) is 3. The van der Waals surface area contributed by atoms with Crippen LogP contribution >= 0.6 is 0 Å². The first-order valence-corrected chi connectivity index (χ1v) is 6.11. The first-order valence-electron chi connectivity index (χ1n) is 6.11. The molecular weight excluding hydrogens is 236 g/mol. The summed E-state index contributed by atoms with van der Waals surface area (Å²) in [6.07, 6.45) is 0. The van der Waals surface area contributed by atoms with Gasteiger partial charge in [-0.05, 0) is 44.4 Å². The van der Waals surface area contributed by atoms with Crippen LogP contribution in [0.1, 0.15) is 27.9 Å². The van der Waals surface area contributed by atoms with Crippen LogP contribution in [0.5, 0.6) is 0 Å². The molecule has 4 nitrogen and oxygen atoms in total. The number of aryl methyl sites for hydroxylation is 3. The minimum Gasteiger partial charge on any atom is -0.337 e. The molecule has 2 rings (SSSR count). The maximum atomic E-state index is 9.28. The molecule has 0 atom stereocenters. The van der Waals surface area contributed by atoms with E-state index in [4.69, 9.17) is 0 Å². The van der Waals surface area contributed by atoms with Crippen LogP contribution in [0.2, 0.25) is 0 Å². The summed E-state index contributed by atoms with van der Waals surface area (Å²) in [6, 6.07) is 8.25. The van der Waals surface area contributed by atoms with Crippen molar-refractivity contribution < 1.29 is 0 Å². The fourth-order valence-electron chi connectivity index (χ4n) is 1.96. The normalized spacial score (nSPS) is 10.1. The van der Waals surface area contributed by atoms with Gasteiger partial charge < -0.3 is 5.32 Å². The van der Waals surface area contributed by atoms with E-state index in [-0.39, 0.29) is 0 Å². The number of para-hydroxylation sites is 1. The van der Waals surface area contributed by atoms with Gasteiger partial charge in [0.2, 0.25) is 0 Å². The number of hydrogen-bond donors (Lipinski definition) is 1. The van der Waals surface area contributed by atoms with Crippen LogP contribution in [0, 0.1) is 39.0 Å². The average molecular weight is 252 g/mol. The maximum absolute atomic E-state index is 9.28. The average Bonchev–Trinajstić information content (AvgIpc) is 2.38. The summed E-state index contributed by atoms with van der Waals surface area (Å²) < 4.78 is 0. The van der Waals surface area contributed by atoms with Crippen molar-refractivity contribution in [1.82, 2.24) is 10.2 Å². The van der Waals surface area contributed by atoms with Crippen molar-refractivity contribution in [3.8, 4) is 6.07 Å². The minimum atomic E-state index is 0.517. The van der Waals surface area contributed by atoms with E-state index in [1.165, 1.54) is 0 Å². The van der Waals surface area contributed by atoms with Gasteiger partial charge in [-0.15, -0.1) is 5.10 Å². The van der Waals surface area contributed by atoms with Crippen molar-refractivity contribution in [2.75, 3.05) is 5.32 Å². The Morgan fingerprint density at radius 1 is 1.05 bits per heavy atom. The van der Waals surface area contributed by atoms with Gasteiger partial charge in [0.05, 0.1) is 5.69 Å². The van der Waals surface area contributed by atoms with E-state index in [2.05, 4.69) is 21.6 Å². The quantitative estimate of drug-likeness (QED) is 0.890. The predicted octanol–water partition coefficient (Wildman–Crippen LogP) is 3.33. The summed E-state index contributed by atoms with van der Waals surface area (Å²) in [6.45, 7) is 7.79. The minimum absolute atomic E-state index is 0.517. The molecule has 0 saturated carbocycles. The molecule has 0 aliphatic carbocycles. The fourth-order valence-corrected chi connectivity index (χ4v) is 1.96. The molecule has 0 radical (unpaired) electrons. The summed E-state index contributed by atoms with van der Waals surface area (Å²) in [4.78, 5) is 0. The molecule has 96 valence electrons. The van der Waals surface area contributed by atoms with Crippen LogP contribution in [0.4, 0.5) is 11.5 Å². The Balaban J connectivity index is 2.51. The van der Waals surface area contributed by atoms with Crippen LogP contribution in [-0.4, -0.2) is 10.2 Å². The number of nitrogens with one attached hydrogen (secondary N) is 1.